The van der Waals surface area contributed by atoms with E-state index in [1.165, 1.54) is 19.8 Å². The number of carbonyl (C=O) groups excluding carboxylic acids is 4. The largest absolute Gasteiger partial charge is 0.451 e. The van der Waals surface area contributed by atoms with Crippen LogP contribution in [0.5, 0.6) is 0 Å². The minimum absolute atomic E-state index is 0.110. The quantitative estimate of drug-likeness (QED) is 0.364. The zero-order valence-electron chi connectivity index (χ0n) is 18.1. The van der Waals surface area contributed by atoms with Crippen LogP contribution in [0.25, 0.3) is 0 Å². The molecule has 8 heteroatoms. The lowest BCUT2D eigenvalue weighted by atomic mass is 9.92. The van der Waals surface area contributed by atoms with Gasteiger partial charge in [0.2, 0.25) is 0 Å². The van der Waals surface area contributed by atoms with Crippen molar-refractivity contribution >= 4 is 23.8 Å². The van der Waals surface area contributed by atoms with Gasteiger partial charge in [0.25, 0.3) is 11.8 Å². The topological polar surface area (TPSA) is 105 Å². The van der Waals surface area contributed by atoms with Gasteiger partial charge >= 0.3 is 12.0 Å². The number of hydrogen-bond donors (Lipinski definition) is 2. The fourth-order valence-electron chi connectivity index (χ4n) is 3.80. The molecule has 2 aliphatic rings. The van der Waals surface area contributed by atoms with Crippen molar-refractivity contribution in [1.29, 1.82) is 0 Å². The third-order valence-corrected chi connectivity index (χ3v) is 5.73. The average molecular weight is 410 g/mol. The summed E-state index contributed by atoms with van der Waals surface area (Å²) in [6.45, 7) is 6.76. The Morgan fingerprint density at radius 1 is 1.17 bits per heavy atom. The van der Waals surface area contributed by atoms with E-state index < -0.39 is 36.1 Å². The lowest BCUT2D eigenvalue weighted by molar-refractivity contribution is -0.156. The van der Waals surface area contributed by atoms with Crippen LogP contribution in [0.1, 0.15) is 79.1 Å². The zero-order valence-corrected chi connectivity index (χ0v) is 18.1. The van der Waals surface area contributed by atoms with Gasteiger partial charge < -0.3 is 15.4 Å². The SMILES string of the molecule is CC(C)CC[C@]1(C)NC(=O)N(CC(=O)O[C@H](C)C(=O)NC2CCCCCC2)C1=O. The van der Waals surface area contributed by atoms with Crippen LogP contribution in [0.4, 0.5) is 4.79 Å². The van der Waals surface area contributed by atoms with Crippen LogP contribution < -0.4 is 10.6 Å². The van der Waals surface area contributed by atoms with Crippen molar-refractivity contribution in [1.82, 2.24) is 15.5 Å². The minimum atomic E-state index is -1.01. The highest BCUT2D eigenvalue weighted by Gasteiger charge is 2.48. The molecule has 1 aliphatic carbocycles. The van der Waals surface area contributed by atoms with E-state index in [1.807, 2.05) is 13.8 Å². The number of nitrogens with zero attached hydrogens (tertiary/aromatic N) is 1. The van der Waals surface area contributed by atoms with Crippen molar-refractivity contribution in [2.75, 3.05) is 6.54 Å². The predicted molar refractivity (Wildman–Crippen MR) is 108 cm³/mol. The maximum atomic E-state index is 12.7. The number of amides is 4. The summed E-state index contributed by atoms with van der Waals surface area (Å²) in [6.07, 6.45) is 6.70. The van der Waals surface area contributed by atoms with Gasteiger partial charge in [-0.1, -0.05) is 39.5 Å². The monoisotopic (exact) mass is 409 g/mol. The summed E-state index contributed by atoms with van der Waals surface area (Å²) in [7, 11) is 0. The number of urea groups is 1. The Bertz CT molecular complexity index is 628. The third kappa shape index (κ3) is 6.44. The molecule has 0 aromatic heterocycles. The van der Waals surface area contributed by atoms with Crippen LogP contribution in [0.15, 0.2) is 0 Å². The third-order valence-electron chi connectivity index (χ3n) is 5.73. The number of carbonyl (C=O) groups is 4. The molecule has 2 rings (SSSR count). The molecule has 2 fully saturated rings. The van der Waals surface area contributed by atoms with Crippen LogP contribution in [0, 0.1) is 5.92 Å². The second-order valence-electron chi connectivity index (χ2n) is 8.92. The first-order chi connectivity index (χ1) is 13.6. The summed E-state index contributed by atoms with van der Waals surface area (Å²) in [6, 6.07) is -0.493. The van der Waals surface area contributed by atoms with Crippen molar-refractivity contribution in [2.45, 2.75) is 96.7 Å². The van der Waals surface area contributed by atoms with Gasteiger partial charge in [0.1, 0.15) is 12.1 Å². The van der Waals surface area contributed by atoms with Gasteiger partial charge in [-0.05, 0) is 45.4 Å². The molecule has 1 heterocycles. The van der Waals surface area contributed by atoms with E-state index in [0.29, 0.717) is 12.3 Å². The highest BCUT2D eigenvalue weighted by Crippen LogP contribution is 2.24. The summed E-state index contributed by atoms with van der Waals surface area (Å²) < 4.78 is 5.19. The number of nitrogens with one attached hydrogen (secondary N) is 2. The fourth-order valence-corrected chi connectivity index (χ4v) is 3.80. The molecule has 0 aromatic rings. The first-order valence-electron chi connectivity index (χ1n) is 10.8. The molecule has 1 aliphatic heterocycles. The maximum Gasteiger partial charge on any atom is 0.327 e. The Labute approximate surface area is 173 Å². The molecular weight excluding hydrogens is 374 g/mol. The first-order valence-corrected chi connectivity index (χ1v) is 10.8. The fraction of sp³-hybridized carbons (Fsp3) is 0.810. The van der Waals surface area contributed by atoms with E-state index in [2.05, 4.69) is 10.6 Å². The Morgan fingerprint density at radius 2 is 1.79 bits per heavy atom. The lowest BCUT2D eigenvalue weighted by Gasteiger charge is -2.23. The van der Waals surface area contributed by atoms with Gasteiger partial charge in [-0.15, -0.1) is 0 Å². The van der Waals surface area contributed by atoms with Crippen molar-refractivity contribution in [3.05, 3.63) is 0 Å². The number of esters is 1. The minimum Gasteiger partial charge on any atom is -0.451 e. The second kappa shape index (κ2) is 10.1. The van der Waals surface area contributed by atoms with E-state index in [-0.39, 0.29) is 11.9 Å². The van der Waals surface area contributed by atoms with Gasteiger partial charge in [0.05, 0.1) is 0 Å². The van der Waals surface area contributed by atoms with Crippen molar-refractivity contribution in [3.63, 3.8) is 0 Å². The first kappa shape index (κ1) is 23.2. The average Bonchev–Trinajstić information content (AvgIpc) is 2.83. The molecular formula is C21H35N3O5. The van der Waals surface area contributed by atoms with Crippen molar-refractivity contribution < 1.29 is 23.9 Å². The van der Waals surface area contributed by atoms with Gasteiger partial charge in [-0.25, -0.2) is 4.79 Å². The summed E-state index contributed by atoms with van der Waals surface area (Å²) in [4.78, 5) is 50.3. The van der Waals surface area contributed by atoms with E-state index in [4.69, 9.17) is 4.74 Å². The highest BCUT2D eigenvalue weighted by molar-refractivity contribution is 6.08. The zero-order chi connectivity index (χ0) is 21.6. The molecule has 0 radical (unpaired) electrons. The van der Waals surface area contributed by atoms with E-state index in [0.717, 1.165) is 37.0 Å². The van der Waals surface area contributed by atoms with Crippen LogP contribution in [0.2, 0.25) is 0 Å². The van der Waals surface area contributed by atoms with E-state index >= 15 is 0 Å². The normalized spacial score (nSPS) is 24.2. The van der Waals surface area contributed by atoms with Gasteiger partial charge in [0, 0.05) is 6.04 Å². The molecule has 4 amide bonds. The molecule has 29 heavy (non-hydrogen) atoms. The molecule has 0 aromatic carbocycles. The number of imide groups is 1. The Morgan fingerprint density at radius 3 is 2.38 bits per heavy atom. The smallest absolute Gasteiger partial charge is 0.327 e. The Hall–Kier alpha value is -2.12. The highest BCUT2D eigenvalue weighted by atomic mass is 16.5. The summed E-state index contributed by atoms with van der Waals surface area (Å²) in [5, 5.41) is 5.62. The van der Waals surface area contributed by atoms with Crippen LogP contribution >= 0.6 is 0 Å². The molecule has 0 spiro atoms. The Kier molecular flexibility index (Phi) is 8.05. The lowest BCUT2D eigenvalue weighted by Crippen LogP contribution is -2.45. The second-order valence-corrected chi connectivity index (χ2v) is 8.92. The van der Waals surface area contributed by atoms with Crippen molar-refractivity contribution in [2.24, 2.45) is 5.92 Å². The molecule has 164 valence electrons. The number of ether oxygens (including phenoxy) is 1. The molecule has 2 N–H and O–H groups in total. The van der Waals surface area contributed by atoms with Crippen LogP contribution in [-0.2, 0) is 19.1 Å². The van der Waals surface area contributed by atoms with Crippen molar-refractivity contribution in [3.8, 4) is 0 Å². The summed E-state index contributed by atoms with van der Waals surface area (Å²) in [5.41, 5.74) is -1.01. The maximum absolute atomic E-state index is 12.7. The van der Waals surface area contributed by atoms with Gasteiger partial charge in [-0.2, -0.15) is 0 Å². The summed E-state index contributed by atoms with van der Waals surface area (Å²) in [5.74, 6) is -1.16. The Balaban J connectivity index is 1.85. The van der Waals surface area contributed by atoms with E-state index in [9.17, 15) is 19.2 Å². The van der Waals surface area contributed by atoms with Crippen LogP contribution in [-0.4, -0.2) is 52.9 Å². The molecule has 0 bridgehead atoms. The molecule has 1 saturated heterocycles. The molecule has 2 atom stereocenters. The molecule has 8 nitrogen and oxygen atoms in total. The van der Waals surface area contributed by atoms with Gasteiger partial charge in [-0.3, -0.25) is 19.3 Å². The predicted octanol–water partition coefficient (Wildman–Crippen LogP) is 2.50. The number of rotatable bonds is 8. The summed E-state index contributed by atoms with van der Waals surface area (Å²) >= 11 is 0. The van der Waals surface area contributed by atoms with Gasteiger partial charge in [0.15, 0.2) is 6.10 Å². The molecule has 0 unspecified atom stereocenters. The number of hydrogen-bond acceptors (Lipinski definition) is 5. The molecule has 1 saturated carbocycles. The van der Waals surface area contributed by atoms with Crippen LogP contribution in [0.3, 0.4) is 0 Å². The standard InChI is InChI=1S/C21H35N3O5/c1-14(2)11-12-21(4)19(27)24(20(28)23-21)13-17(25)29-15(3)18(26)22-16-9-7-5-6-8-10-16/h14-16H,5-13H2,1-4H3,(H,22,26)(H,23,28)/t15-,21+/m1/s1. The van der Waals surface area contributed by atoms with E-state index in [1.54, 1.807) is 6.92 Å².